The summed E-state index contributed by atoms with van der Waals surface area (Å²) in [5, 5.41) is 6.99. The van der Waals surface area contributed by atoms with Gasteiger partial charge in [-0.1, -0.05) is 6.07 Å². The third-order valence-corrected chi connectivity index (χ3v) is 2.13. The topological polar surface area (TPSA) is 37.0 Å². The minimum absolute atomic E-state index is 0.130. The van der Waals surface area contributed by atoms with Gasteiger partial charge in [0.25, 0.3) is 0 Å². The van der Waals surface area contributed by atoms with Crippen LogP contribution in [-0.2, 0) is 0 Å². The number of hydrogen-bond acceptors (Lipinski definition) is 2. The summed E-state index contributed by atoms with van der Waals surface area (Å²) >= 11 is 5.16. The molecule has 0 saturated carbocycles. The Kier molecular flexibility index (Phi) is 4.49. The molecule has 2 N–H and O–H groups in total. The molecule has 15 heavy (non-hydrogen) atoms. The Morgan fingerprint density at radius 2 is 2.00 bits per heavy atom. The average molecular weight is 223 g/mol. The smallest absolute Gasteiger partial charge is 0.167 e. The lowest BCUT2D eigenvalue weighted by atomic mass is 10.2. The largest absolute Gasteiger partial charge is 0.361 e. The molecule has 1 aromatic rings. The molecule has 0 aliphatic heterocycles. The van der Waals surface area contributed by atoms with Gasteiger partial charge in [0.1, 0.15) is 0 Å². The summed E-state index contributed by atoms with van der Waals surface area (Å²) in [4.78, 5) is 4.26. The van der Waals surface area contributed by atoms with Crippen LogP contribution >= 0.6 is 12.2 Å². The third-order valence-electron chi connectivity index (χ3n) is 1.90. The fraction of sp³-hybridized carbons (Fsp3) is 0.455. The van der Waals surface area contributed by atoms with E-state index in [1.54, 1.807) is 6.20 Å². The molecule has 1 atom stereocenters. The summed E-state index contributed by atoms with van der Waals surface area (Å²) in [6, 6.07) is 6.33. The van der Waals surface area contributed by atoms with Gasteiger partial charge < -0.3 is 10.6 Å². The highest BCUT2D eigenvalue weighted by Crippen LogP contribution is 2.07. The molecule has 0 spiro atoms. The maximum absolute atomic E-state index is 5.16. The van der Waals surface area contributed by atoms with Crippen LogP contribution in [0.5, 0.6) is 0 Å². The number of aromatic nitrogens is 1. The van der Waals surface area contributed by atoms with E-state index in [9.17, 15) is 0 Å². The highest BCUT2D eigenvalue weighted by atomic mass is 32.1. The van der Waals surface area contributed by atoms with Gasteiger partial charge >= 0.3 is 0 Å². The van der Waals surface area contributed by atoms with Crippen molar-refractivity contribution in [3.63, 3.8) is 0 Å². The van der Waals surface area contributed by atoms with E-state index < -0.39 is 0 Å². The fourth-order valence-corrected chi connectivity index (χ4v) is 1.62. The van der Waals surface area contributed by atoms with Crippen LogP contribution in [0.2, 0.25) is 0 Å². The molecule has 0 aliphatic carbocycles. The first kappa shape index (κ1) is 11.9. The van der Waals surface area contributed by atoms with E-state index in [1.807, 2.05) is 25.1 Å². The Bertz CT molecular complexity index is 311. The first-order valence-corrected chi connectivity index (χ1v) is 5.48. The molecule has 82 valence electrons. The van der Waals surface area contributed by atoms with Crippen LogP contribution in [0.3, 0.4) is 0 Å². The lowest BCUT2D eigenvalue weighted by Crippen LogP contribution is -2.40. The van der Waals surface area contributed by atoms with Crippen molar-refractivity contribution in [2.75, 3.05) is 0 Å². The molecule has 1 heterocycles. The molecule has 0 saturated heterocycles. The number of hydrogen-bond donors (Lipinski definition) is 2. The molecule has 1 rings (SSSR count). The van der Waals surface area contributed by atoms with Gasteiger partial charge in [0.05, 0.1) is 11.7 Å². The van der Waals surface area contributed by atoms with Crippen LogP contribution in [0.15, 0.2) is 24.4 Å². The zero-order chi connectivity index (χ0) is 11.3. The molecule has 0 aromatic carbocycles. The lowest BCUT2D eigenvalue weighted by Gasteiger charge is -2.18. The average Bonchev–Trinajstić information content (AvgIpc) is 2.17. The van der Waals surface area contributed by atoms with Crippen LogP contribution in [0.1, 0.15) is 32.5 Å². The number of nitrogens with zero attached hydrogens (tertiary/aromatic N) is 1. The van der Waals surface area contributed by atoms with Crippen molar-refractivity contribution in [3.8, 4) is 0 Å². The summed E-state index contributed by atoms with van der Waals surface area (Å²) in [5.41, 5.74) is 0.991. The highest BCUT2D eigenvalue weighted by molar-refractivity contribution is 7.80. The van der Waals surface area contributed by atoms with Gasteiger partial charge in [-0.05, 0) is 45.1 Å². The van der Waals surface area contributed by atoms with Gasteiger partial charge in [0.2, 0.25) is 0 Å². The lowest BCUT2D eigenvalue weighted by molar-refractivity contribution is 0.651. The van der Waals surface area contributed by atoms with E-state index in [1.165, 1.54) is 0 Å². The Hall–Kier alpha value is -1.16. The van der Waals surface area contributed by atoms with E-state index in [4.69, 9.17) is 12.2 Å². The number of pyridine rings is 1. The number of thiocarbonyl (C=S) groups is 1. The van der Waals surface area contributed by atoms with E-state index in [2.05, 4.69) is 29.5 Å². The van der Waals surface area contributed by atoms with Crippen LogP contribution in [0, 0.1) is 0 Å². The van der Waals surface area contributed by atoms with Gasteiger partial charge in [-0.2, -0.15) is 0 Å². The Morgan fingerprint density at radius 1 is 1.27 bits per heavy atom. The normalized spacial score (nSPS) is 12.3. The van der Waals surface area contributed by atoms with Crippen LogP contribution in [0.25, 0.3) is 0 Å². The predicted octanol–water partition coefficient (Wildman–Crippen LogP) is 2.02. The second kappa shape index (κ2) is 5.66. The van der Waals surface area contributed by atoms with Crippen LogP contribution < -0.4 is 10.6 Å². The second-order valence-electron chi connectivity index (χ2n) is 3.75. The molecule has 4 heteroatoms. The van der Waals surface area contributed by atoms with Gasteiger partial charge in [-0.25, -0.2) is 0 Å². The summed E-state index contributed by atoms with van der Waals surface area (Å²) in [5.74, 6) is 0. The van der Waals surface area contributed by atoms with Gasteiger partial charge in [-0.15, -0.1) is 0 Å². The predicted molar refractivity (Wildman–Crippen MR) is 66.7 cm³/mol. The minimum atomic E-state index is 0.130. The zero-order valence-electron chi connectivity index (χ0n) is 9.32. The quantitative estimate of drug-likeness (QED) is 0.769. The first-order valence-electron chi connectivity index (χ1n) is 5.07. The van der Waals surface area contributed by atoms with E-state index in [0.29, 0.717) is 11.2 Å². The molecular weight excluding hydrogens is 206 g/mol. The van der Waals surface area contributed by atoms with Crippen molar-refractivity contribution >= 4 is 17.3 Å². The molecule has 0 unspecified atom stereocenters. The number of nitrogens with one attached hydrogen (secondary N) is 2. The molecule has 0 amide bonds. The maximum Gasteiger partial charge on any atom is 0.167 e. The van der Waals surface area contributed by atoms with E-state index in [0.717, 1.165) is 5.69 Å². The van der Waals surface area contributed by atoms with Crippen molar-refractivity contribution < 1.29 is 0 Å². The fourth-order valence-electron chi connectivity index (χ4n) is 1.21. The van der Waals surface area contributed by atoms with Crippen molar-refractivity contribution in [3.05, 3.63) is 30.1 Å². The molecule has 0 bridgehead atoms. The van der Waals surface area contributed by atoms with Crippen molar-refractivity contribution in [1.29, 1.82) is 0 Å². The van der Waals surface area contributed by atoms with E-state index >= 15 is 0 Å². The summed E-state index contributed by atoms with van der Waals surface area (Å²) < 4.78 is 0. The van der Waals surface area contributed by atoms with Gasteiger partial charge in [0.15, 0.2) is 5.11 Å². The molecular formula is C11H17N3S. The van der Waals surface area contributed by atoms with Crippen LogP contribution in [0.4, 0.5) is 0 Å². The monoisotopic (exact) mass is 223 g/mol. The van der Waals surface area contributed by atoms with Crippen molar-refractivity contribution in [2.24, 2.45) is 0 Å². The van der Waals surface area contributed by atoms with Gasteiger partial charge in [0, 0.05) is 12.2 Å². The van der Waals surface area contributed by atoms with E-state index in [-0.39, 0.29) is 6.04 Å². The molecule has 0 fully saturated rings. The summed E-state index contributed by atoms with van der Waals surface area (Å²) in [6.07, 6.45) is 1.78. The Morgan fingerprint density at radius 3 is 2.53 bits per heavy atom. The standard InChI is InChI=1S/C11H17N3S/c1-8(2)13-11(15)14-9(3)10-6-4-5-7-12-10/h4-9H,1-3H3,(H2,13,14,15)/t9-/m0/s1. The van der Waals surface area contributed by atoms with Crippen molar-refractivity contribution in [2.45, 2.75) is 32.9 Å². The SMILES string of the molecule is CC(C)NC(=S)N[C@@H](C)c1ccccn1. The number of rotatable bonds is 3. The maximum atomic E-state index is 5.16. The Balaban J connectivity index is 2.49. The third kappa shape index (κ3) is 4.25. The summed E-state index contributed by atoms with van der Waals surface area (Å²) in [6.45, 7) is 6.15. The molecule has 3 nitrogen and oxygen atoms in total. The highest BCUT2D eigenvalue weighted by Gasteiger charge is 2.07. The Labute approximate surface area is 96.3 Å². The van der Waals surface area contributed by atoms with Crippen molar-refractivity contribution in [1.82, 2.24) is 15.6 Å². The zero-order valence-corrected chi connectivity index (χ0v) is 10.1. The summed E-state index contributed by atoms with van der Waals surface area (Å²) in [7, 11) is 0. The van der Waals surface area contributed by atoms with Gasteiger partial charge in [-0.3, -0.25) is 4.98 Å². The molecule has 1 aromatic heterocycles. The van der Waals surface area contributed by atoms with Crippen LogP contribution in [-0.4, -0.2) is 16.1 Å². The molecule has 0 radical (unpaired) electrons. The second-order valence-corrected chi connectivity index (χ2v) is 4.16. The first-order chi connectivity index (χ1) is 7.09. The minimum Gasteiger partial charge on any atom is -0.361 e. The molecule has 0 aliphatic rings.